The molecule has 0 aliphatic heterocycles. The summed E-state index contributed by atoms with van der Waals surface area (Å²) in [5, 5.41) is 11.0. The fraction of sp³-hybridized carbons (Fsp3) is 0.167. The number of rotatable bonds is 1. The van der Waals surface area contributed by atoms with Crippen molar-refractivity contribution < 1.29 is 5.21 Å². The molecule has 64 valence electrons. The second kappa shape index (κ2) is 3.04. The summed E-state index contributed by atoms with van der Waals surface area (Å²) in [7, 11) is 1.55. The highest BCUT2D eigenvalue weighted by Crippen LogP contribution is 1.83. The number of aryl methyl sites for hydroxylation is 1. The molecule has 0 atom stereocenters. The summed E-state index contributed by atoms with van der Waals surface area (Å²) in [6, 6.07) is 0. The van der Waals surface area contributed by atoms with Crippen molar-refractivity contribution >= 4 is 5.84 Å². The molecular weight excluding hydrogens is 160 g/mol. The van der Waals surface area contributed by atoms with Crippen molar-refractivity contribution in [3.05, 3.63) is 28.4 Å². The number of hydrogen-bond donors (Lipinski definition) is 2. The molecule has 0 amide bonds. The van der Waals surface area contributed by atoms with Crippen molar-refractivity contribution in [3.63, 3.8) is 0 Å². The predicted octanol–water partition coefficient (Wildman–Crippen LogP) is -1.13. The maximum absolute atomic E-state index is 11.2. The summed E-state index contributed by atoms with van der Waals surface area (Å²) in [6.07, 6.45) is 2.88. The lowest BCUT2D eigenvalue weighted by molar-refractivity contribution is 0.318. The van der Waals surface area contributed by atoms with Gasteiger partial charge in [-0.1, -0.05) is 5.16 Å². The van der Waals surface area contributed by atoms with Gasteiger partial charge in [-0.05, 0) is 0 Å². The maximum atomic E-state index is 11.2. The smallest absolute Gasteiger partial charge is 0.280 e. The Kier molecular flexibility index (Phi) is 2.09. The van der Waals surface area contributed by atoms with Gasteiger partial charge in [0.25, 0.3) is 5.56 Å². The van der Waals surface area contributed by atoms with Gasteiger partial charge in [0.15, 0.2) is 11.5 Å². The molecule has 6 nitrogen and oxygen atoms in total. The predicted molar refractivity (Wildman–Crippen MR) is 42.0 cm³/mol. The fourth-order valence-electron chi connectivity index (χ4n) is 0.721. The third-order valence-corrected chi connectivity index (χ3v) is 1.37. The molecule has 1 aromatic rings. The van der Waals surface area contributed by atoms with E-state index in [1.165, 1.54) is 17.0 Å². The lowest BCUT2D eigenvalue weighted by Crippen LogP contribution is -2.29. The molecule has 0 spiro atoms. The molecule has 6 heteroatoms. The van der Waals surface area contributed by atoms with Crippen LogP contribution in [0.2, 0.25) is 0 Å². The Hall–Kier alpha value is -1.85. The van der Waals surface area contributed by atoms with Crippen molar-refractivity contribution in [1.29, 1.82) is 0 Å². The highest BCUT2D eigenvalue weighted by Gasteiger charge is 2.06. The minimum Gasteiger partial charge on any atom is -0.409 e. The van der Waals surface area contributed by atoms with E-state index < -0.39 is 5.56 Å². The Morgan fingerprint density at radius 1 is 1.83 bits per heavy atom. The lowest BCUT2D eigenvalue weighted by Gasteiger charge is -1.98. The first kappa shape index (κ1) is 8.25. The first-order valence-electron chi connectivity index (χ1n) is 3.16. The van der Waals surface area contributed by atoms with E-state index in [2.05, 4.69) is 10.1 Å². The van der Waals surface area contributed by atoms with E-state index in [0.717, 1.165) is 0 Å². The Morgan fingerprint density at radius 2 is 2.50 bits per heavy atom. The van der Waals surface area contributed by atoms with Crippen LogP contribution in [0, 0.1) is 0 Å². The van der Waals surface area contributed by atoms with E-state index >= 15 is 0 Å². The quantitative estimate of drug-likeness (QED) is 0.240. The Labute approximate surface area is 68.0 Å². The average Bonchev–Trinajstić information content (AvgIpc) is 2.08. The largest absolute Gasteiger partial charge is 0.409 e. The van der Waals surface area contributed by atoms with Gasteiger partial charge in [0.2, 0.25) is 0 Å². The number of amidine groups is 1. The number of oxime groups is 1. The number of nitrogens with two attached hydrogens (primary N) is 1. The van der Waals surface area contributed by atoms with Crippen LogP contribution in [0.3, 0.4) is 0 Å². The van der Waals surface area contributed by atoms with Crippen LogP contribution in [0.15, 0.2) is 22.3 Å². The number of aromatic nitrogens is 2. The van der Waals surface area contributed by atoms with Gasteiger partial charge >= 0.3 is 0 Å². The average molecular weight is 168 g/mol. The molecule has 0 unspecified atom stereocenters. The minimum atomic E-state index is -0.396. The van der Waals surface area contributed by atoms with Gasteiger partial charge in [0.1, 0.15) is 0 Å². The number of hydrogen-bond acceptors (Lipinski definition) is 4. The van der Waals surface area contributed by atoms with Gasteiger partial charge in [-0.2, -0.15) is 0 Å². The van der Waals surface area contributed by atoms with Gasteiger partial charge in [0, 0.05) is 19.4 Å². The van der Waals surface area contributed by atoms with E-state index in [-0.39, 0.29) is 11.5 Å². The Morgan fingerprint density at radius 3 is 3.08 bits per heavy atom. The van der Waals surface area contributed by atoms with E-state index in [1.807, 2.05) is 0 Å². The normalized spacial score (nSPS) is 11.6. The highest BCUT2D eigenvalue weighted by atomic mass is 16.4. The molecule has 0 aliphatic carbocycles. The van der Waals surface area contributed by atoms with Crippen LogP contribution >= 0.6 is 0 Å². The van der Waals surface area contributed by atoms with Crippen molar-refractivity contribution in [1.82, 2.24) is 9.55 Å². The second-order valence-corrected chi connectivity index (χ2v) is 2.18. The highest BCUT2D eigenvalue weighted by molar-refractivity contribution is 5.94. The van der Waals surface area contributed by atoms with E-state index in [9.17, 15) is 4.79 Å². The first-order chi connectivity index (χ1) is 5.66. The number of nitrogens with zero attached hydrogens (tertiary/aromatic N) is 3. The zero-order valence-corrected chi connectivity index (χ0v) is 6.43. The van der Waals surface area contributed by atoms with Crippen LogP contribution in [-0.2, 0) is 7.05 Å². The zero-order valence-electron chi connectivity index (χ0n) is 6.43. The molecule has 0 saturated heterocycles. The van der Waals surface area contributed by atoms with Crippen LogP contribution in [0.1, 0.15) is 5.69 Å². The first-order valence-corrected chi connectivity index (χ1v) is 3.16. The fourth-order valence-corrected chi connectivity index (χ4v) is 0.721. The summed E-state index contributed by atoms with van der Waals surface area (Å²) in [5.74, 6) is -0.281. The summed E-state index contributed by atoms with van der Waals surface area (Å²) in [6.45, 7) is 0. The Balaban J connectivity index is 3.36. The molecule has 0 saturated carbocycles. The van der Waals surface area contributed by atoms with Crippen LogP contribution in [0.25, 0.3) is 0 Å². The van der Waals surface area contributed by atoms with Crippen LogP contribution in [0.4, 0.5) is 0 Å². The van der Waals surface area contributed by atoms with Gasteiger partial charge in [-0.3, -0.25) is 4.79 Å². The van der Waals surface area contributed by atoms with Crippen molar-refractivity contribution in [2.24, 2.45) is 17.9 Å². The maximum Gasteiger partial charge on any atom is 0.280 e. The van der Waals surface area contributed by atoms with Gasteiger partial charge in [-0.25, -0.2) is 4.98 Å². The standard InChI is InChI=1S/C6H8N4O2/c1-10-3-2-8-4(6(10)11)5(7)9-12/h2-3,12H,1H3,(H2,7,9). The summed E-state index contributed by atoms with van der Waals surface area (Å²) in [4.78, 5) is 14.9. The molecule has 12 heavy (non-hydrogen) atoms. The molecule has 1 heterocycles. The molecule has 1 rings (SSSR count). The van der Waals surface area contributed by atoms with Gasteiger partial charge in [-0.15, -0.1) is 0 Å². The molecule has 1 aromatic heterocycles. The van der Waals surface area contributed by atoms with Gasteiger partial charge < -0.3 is 15.5 Å². The van der Waals surface area contributed by atoms with E-state index in [4.69, 9.17) is 10.9 Å². The van der Waals surface area contributed by atoms with E-state index in [0.29, 0.717) is 0 Å². The molecule has 0 fully saturated rings. The third-order valence-electron chi connectivity index (χ3n) is 1.37. The van der Waals surface area contributed by atoms with Crippen LogP contribution in [0.5, 0.6) is 0 Å². The minimum absolute atomic E-state index is 0.0532. The summed E-state index contributed by atoms with van der Waals surface area (Å²) in [5.41, 5.74) is 4.74. The zero-order chi connectivity index (χ0) is 9.14. The molecule has 0 aromatic carbocycles. The topological polar surface area (TPSA) is 93.5 Å². The second-order valence-electron chi connectivity index (χ2n) is 2.18. The SMILES string of the molecule is Cn1ccnc(/C(N)=N/O)c1=O. The summed E-state index contributed by atoms with van der Waals surface area (Å²) >= 11 is 0. The molecular formula is C6H8N4O2. The third kappa shape index (κ3) is 1.26. The van der Waals surface area contributed by atoms with Crippen LogP contribution < -0.4 is 11.3 Å². The molecule has 0 aliphatic rings. The van der Waals surface area contributed by atoms with Crippen molar-refractivity contribution in [2.45, 2.75) is 0 Å². The Bertz CT molecular complexity index is 368. The molecule has 0 radical (unpaired) electrons. The van der Waals surface area contributed by atoms with Crippen molar-refractivity contribution in [3.8, 4) is 0 Å². The van der Waals surface area contributed by atoms with Gasteiger partial charge in [0.05, 0.1) is 0 Å². The summed E-state index contributed by atoms with van der Waals surface area (Å²) < 4.78 is 1.29. The van der Waals surface area contributed by atoms with E-state index in [1.54, 1.807) is 7.05 Å². The van der Waals surface area contributed by atoms with Crippen LogP contribution in [-0.4, -0.2) is 20.6 Å². The molecule has 3 N–H and O–H groups in total. The molecule has 0 bridgehead atoms. The van der Waals surface area contributed by atoms with Crippen molar-refractivity contribution in [2.75, 3.05) is 0 Å². The monoisotopic (exact) mass is 168 g/mol. The lowest BCUT2D eigenvalue weighted by atomic mass is 10.4.